The maximum atomic E-state index is 6.35. The van der Waals surface area contributed by atoms with Gasteiger partial charge >= 0.3 is 0 Å². The largest absolute Gasteiger partial charge is 0.383 e. The van der Waals surface area contributed by atoms with E-state index in [4.69, 9.17) is 16.3 Å². The summed E-state index contributed by atoms with van der Waals surface area (Å²) in [5, 5.41) is 4.43. The molecule has 4 heteroatoms. The Morgan fingerprint density at radius 3 is 3.05 bits per heavy atom. The summed E-state index contributed by atoms with van der Waals surface area (Å²) in [5.41, 5.74) is 1.63. The van der Waals surface area contributed by atoms with Gasteiger partial charge in [-0.25, -0.2) is 0 Å². The van der Waals surface area contributed by atoms with Gasteiger partial charge in [-0.15, -0.1) is 0 Å². The summed E-state index contributed by atoms with van der Waals surface area (Å²) in [4.78, 5) is 4.11. The molecule has 2 aliphatic carbocycles. The highest BCUT2D eigenvalue weighted by Gasteiger charge is 2.50. The first-order valence-corrected chi connectivity index (χ1v) is 8.39. The van der Waals surface area contributed by atoms with Crippen LogP contribution in [0, 0.1) is 17.3 Å². The van der Waals surface area contributed by atoms with E-state index in [9.17, 15) is 0 Å². The molecule has 2 aliphatic rings. The Balaban J connectivity index is 1.72. The van der Waals surface area contributed by atoms with Crippen molar-refractivity contribution in [3.8, 4) is 0 Å². The maximum Gasteiger partial charge on any atom is 0.0621 e. The van der Waals surface area contributed by atoms with Gasteiger partial charge in [-0.2, -0.15) is 0 Å². The van der Waals surface area contributed by atoms with E-state index >= 15 is 0 Å². The zero-order chi connectivity index (χ0) is 14.7. The van der Waals surface area contributed by atoms with Gasteiger partial charge in [0.2, 0.25) is 0 Å². The van der Waals surface area contributed by atoms with Crippen molar-refractivity contribution in [2.24, 2.45) is 17.3 Å². The molecule has 2 saturated carbocycles. The Bertz CT molecular complexity index is 482. The normalized spacial score (nSPS) is 31.0. The van der Waals surface area contributed by atoms with Crippen LogP contribution in [0.5, 0.6) is 0 Å². The van der Waals surface area contributed by atoms with Gasteiger partial charge in [0.05, 0.1) is 11.6 Å². The molecule has 0 amide bonds. The summed E-state index contributed by atoms with van der Waals surface area (Å²) < 4.78 is 5.15. The summed E-state index contributed by atoms with van der Waals surface area (Å²) in [5.74, 6) is 1.78. The highest BCUT2D eigenvalue weighted by molar-refractivity contribution is 6.31. The molecule has 1 heterocycles. The van der Waals surface area contributed by atoms with E-state index in [0.717, 1.165) is 43.0 Å². The van der Waals surface area contributed by atoms with Gasteiger partial charge in [0, 0.05) is 32.6 Å². The molecule has 3 rings (SSSR count). The van der Waals surface area contributed by atoms with Crippen molar-refractivity contribution in [2.45, 2.75) is 32.1 Å². The summed E-state index contributed by atoms with van der Waals surface area (Å²) in [6.45, 7) is 2.79. The lowest BCUT2D eigenvalue weighted by atomic mass is 9.69. The predicted molar refractivity (Wildman–Crippen MR) is 85.6 cm³/mol. The summed E-state index contributed by atoms with van der Waals surface area (Å²) in [6, 6.07) is 2.09. The number of hydrogen-bond donors (Lipinski definition) is 1. The van der Waals surface area contributed by atoms with Crippen molar-refractivity contribution in [1.29, 1.82) is 0 Å². The zero-order valence-electron chi connectivity index (χ0n) is 12.8. The van der Waals surface area contributed by atoms with Gasteiger partial charge in [-0.3, -0.25) is 4.98 Å². The van der Waals surface area contributed by atoms with E-state index in [0.29, 0.717) is 5.41 Å². The lowest BCUT2D eigenvalue weighted by Crippen LogP contribution is -2.41. The number of aromatic nitrogens is 1. The highest BCUT2D eigenvalue weighted by Crippen LogP contribution is 2.57. The van der Waals surface area contributed by atoms with Crippen LogP contribution >= 0.6 is 11.6 Å². The molecule has 1 aromatic rings. The van der Waals surface area contributed by atoms with Crippen molar-refractivity contribution in [3.05, 3.63) is 29.0 Å². The van der Waals surface area contributed by atoms with Crippen LogP contribution in [0.2, 0.25) is 5.02 Å². The lowest BCUT2D eigenvalue weighted by Gasteiger charge is -2.38. The van der Waals surface area contributed by atoms with Gasteiger partial charge in [-0.1, -0.05) is 18.0 Å². The molecular weight excluding hydrogens is 284 g/mol. The second-order valence-corrected chi connectivity index (χ2v) is 7.16. The van der Waals surface area contributed by atoms with Crippen LogP contribution in [-0.2, 0) is 11.2 Å². The number of methoxy groups -OCH3 is 1. The second-order valence-electron chi connectivity index (χ2n) is 6.76. The fourth-order valence-corrected chi connectivity index (χ4v) is 4.68. The zero-order valence-corrected chi connectivity index (χ0v) is 13.5. The van der Waals surface area contributed by atoms with Crippen molar-refractivity contribution < 1.29 is 4.74 Å². The third-order valence-electron chi connectivity index (χ3n) is 5.46. The summed E-state index contributed by atoms with van der Waals surface area (Å²) >= 11 is 6.35. The number of ether oxygens (including phenoxy) is 1. The molecule has 0 saturated heterocycles. The van der Waals surface area contributed by atoms with Gasteiger partial charge in [-0.05, 0) is 54.6 Å². The van der Waals surface area contributed by atoms with E-state index in [1.807, 2.05) is 6.20 Å². The smallest absolute Gasteiger partial charge is 0.0621 e. The second kappa shape index (κ2) is 6.64. The third kappa shape index (κ3) is 3.25. The van der Waals surface area contributed by atoms with Gasteiger partial charge in [0.15, 0.2) is 0 Å². The molecular formula is C17H25ClN2O. The molecule has 3 nitrogen and oxygen atoms in total. The van der Waals surface area contributed by atoms with Crippen LogP contribution in [0.3, 0.4) is 0 Å². The number of pyridine rings is 1. The van der Waals surface area contributed by atoms with E-state index < -0.39 is 0 Å². The van der Waals surface area contributed by atoms with Crippen LogP contribution in [-0.4, -0.2) is 31.8 Å². The van der Waals surface area contributed by atoms with Crippen molar-refractivity contribution >= 4 is 11.6 Å². The highest BCUT2D eigenvalue weighted by atomic mass is 35.5. The van der Waals surface area contributed by atoms with E-state index in [1.54, 1.807) is 13.3 Å². The molecule has 21 heavy (non-hydrogen) atoms. The van der Waals surface area contributed by atoms with E-state index in [2.05, 4.69) is 16.4 Å². The average molecular weight is 309 g/mol. The molecule has 1 N–H and O–H groups in total. The van der Waals surface area contributed by atoms with Crippen LogP contribution < -0.4 is 5.32 Å². The number of hydrogen-bond acceptors (Lipinski definition) is 3. The van der Waals surface area contributed by atoms with Gasteiger partial charge in [0.1, 0.15) is 0 Å². The molecule has 3 atom stereocenters. The van der Waals surface area contributed by atoms with Crippen LogP contribution in [0.15, 0.2) is 18.5 Å². The van der Waals surface area contributed by atoms with E-state index in [1.165, 1.54) is 31.2 Å². The fourth-order valence-electron chi connectivity index (χ4n) is 4.49. The first-order chi connectivity index (χ1) is 10.2. The van der Waals surface area contributed by atoms with Crippen molar-refractivity contribution in [2.75, 3.05) is 26.8 Å². The maximum absolute atomic E-state index is 6.35. The number of fused-ring (bicyclic) bond motifs is 2. The molecule has 0 aromatic carbocycles. The Morgan fingerprint density at radius 1 is 1.48 bits per heavy atom. The minimum Gasteiger partial charge on any atom is -0.383 e. The average Bonchev–Trinajstić information content (AvgIpc) is 3.07. The number of nitrogens with one attached hydrogen (secondary N) is 1. The topological polar surface area (TPSA) is 34.1 Å². The van der Waals surface area contributed by atoms with Crippen LogP contribution in [0.25, 0.3) is 0 Å². The number of rotatable bonds is 7. The monoisotopic (exact) mass is 308 g/mol. The molecule has 0 radical (unpaired) electrons. The summed E-state index contributed by atoms with van der Waals surface area (Å²) in [6.07, 6.45) is 10.3. The first kappa shape index (κ1) is 15.3. The minimum absolute atomic E-state index is 0.377. The Kier molecular flexibility index (Phi) is 4.82. The molecule has 2 fully saturated rings. The van der Waals surface area contributed by atoms with Crippen molar-refractivity contribution in [1.82, 2.24) is 10.3 Å². The van der Waals surface area contributed by atoms with Crippen molar-refractivity contribution in [3.63, 3.8) is 0 Å². The lowest BCUT2D eigenvalue weighted by molar-refractivity contribution is 0.145. The number of nitrogens with zero attached hydrogens (tertiary/aromatic N) is 1. The number of halogens is 1. The SMILES string of the molecule is COCCNCC1(Cc2ccncc2Cl)CC2CCC1C2. The van der Waals surface area contributed by atoms with Crippen LogP contribution in [0.4, 0.5) is 0 Å². The summed E-state index contributed by atoms with van der Waals surface area (Å²) in [7, 11) is 1.76. The first-order valence-electron chi connectivity index (χ1n) is 8.01. The molecule has 0 spiro atoms. The van der Waals surface area contributed by atoms with Gasteiger partial charge in [0.25, 0.3) is 0 Å². The quantitative estimate of drug-likeness (QED) is 0.785. The molecule has 3 unspecified atom stereocenters. The Labute approximate surface area is 132 Å². The standard InChI is InChI=1S/C17H25ClN2O/c1-21-7-6-20-12-17(9-13-2-3-15(17)8-13)10-14-4-5-19-11-16(14)18/h4-5,11,13,15,20H,2-3,6-10,12H2,1H3. The third-order valence-corrected chi connectivity index (χ3v) is 5.80. The predicted octanol–water partition coefficient (Wildman–Crippen LogP) is 3.32. The molecule has 0 aliphatic heterocycles. The molecule has 116 valence electrons. The minimum atomic E-state index is 0.377. The molecule has 1 aromatic heterocycles. The van der Waals surface area contributed by atoms with E-state index in [-0.39, 0.29) is 0 Å². The fraction of sp³-hybridized carbons (Fsp3) is 0.706. The van der Waals surface area contributed by atoms with Gasteiger partial charge < -0.3 is 10.1 Å². The Hall–Kier alpha value is -0.640. The Morgan fingerprint density at radius 2 is 2.38 bits per heavy atom. The molecule has 2 bridgehead atoms. The van der Waals surface area contributed by atoms with Crippen LogP contribution in [0.1, 0.15) is 31.2 Å².